The third-order valence-corrected chi connectivity index (χ3v) is 2.77. The SMILES string of the molecule is CC1=CC2=C(CC1)OCC2(C)C. The molecule has 0 spiro atoms. The van der Waals surface area contributed by atoms with Crippen LogP contribution in [0.15, 0.2) is 23.0 Å². The summed E-state index contributed by atoms with van der Waals surface area (Å²) >= 11 is 0. The van der Waals surface area contributed by atoms with E-state index < -0.39 is 0 Å². The minimum atomic E-state index is 0.247. The first kappa shape index (κ1) is 7.90. The van der Waals surface area contributed by atoms with Crippen LogP contribution in [0.5, 0.6) is 0 Å². The minimum Gasteiger partial charge on any atom is -0.497 e. The Morgan fingerprint density at radius 2 is 2.08 bits per heavy atom. The Kier molecular flexibility index (Phi) is 1.57. The van der Waals surface area contributed by atoms with Gasteiger partial charge in [-0.25, -0.2) is 0 Å². The highest BCUT2D eigenvalue weighted by Crippen LogP contribution is 2.42. The lowest BCUT2D eigenvalue weighted by Gasteiger charge is -2.19. The van der Waals surface area contributed by atoms with Crippen LogP contribution < -0.4 is 0 Å². The van der Waals surface area contributed by atoms with Crippen molar-refractivity contribution in [2.75, 3.05) is 6.61 Å². The van der Waals surface area contributed by atoms with E-state index in [1.807, 2.05) is 0 Å². The highest BCUT2D eigenvalue weighted by molar-refractivity contribution is 5.37. The summed E-state index contributed by atoms with van der Waals surface area (Å²) in [5, 5.41) is 0. The highest BCUT2D eigenvalue weighted by Gasteiger charge is 2.34. The maximum atomic E-state index is 5.66. The lowest BCUT2D eigenvalue weighted by atomic mass is 9.82. The third-order valence-electron chi connectivity index (χ3n) is 2.77. The maximum Gasteiger partial charge on any atom is 0.100 e. The topological polar surface area (TPSA) is 9.23 Å². The van der Waals surface area contributed by atoms with Gasteiger partial charge in [-0.3, -0.25) is 0 Å². The molecule has 1 heterocycles. The molecule has 0 aromatic heterocycles. The third kappa shape index (κ3) is 1.08. The van der Waals surface area contributed by atoms with E-state index in [4.69, 9.17) is 4.74 Å². The van der Waals surface area contributed by atoms with Crippen LogP contribution in [-0.4, -0.2) is 6.61 Å². The molecule has 1 aliphatic heterocycles. The average molecular weight is 164 g/mol. The lowest BCUT2D eigenvalue weighted by Crippen LogP contribution is -2.14. The van der Waals surface area contributed by atoms with Crippen molar-refractivity contribution in [2.45, 2.75) is 33.6 Å². The molecule has 0 bridgehead atoms. The molecule has 0 fully saturated rings. The standard InChI is InChI=1S/C11H16O/c1-8-4-5-10-9(6-8)11(2,3)7-12-10/h6H,4-5,7H2,1-3H3. The number of allylic oxidation sites excluding steroid dienone is 3. The maximum absolute atomic E-state index is 5.66. The Hall–Kier alpha value is -0.720. The van der Waals surface area contributed by atoms with E-state index in [0.29, 0.717) is 0 Å². The zero-order chi connectivity index (χ0) is 8.77. The second-order valence-electron chi connectivity index (χ2n) is 4.50. The summed E-state index contributed by atoms with van der Waals surface area (Å²) in [5.41, 5.74) is 3.18. The molecule has 1 heteroatoms. The molecule has 0 aromatic rings. The molecule has 0 amide bonds. The largest absolute Gasteiger partial charge is 0.497 e. The van der Waals surface area contributed by atoms with E-state index in [0.717, 1.165) is 13.0 Å². The van der Waals surface area contributed by atoms with E-state index >= 15 is 0 Å². The fourth-order valence-electron chi connectivity index (χ4n) is 1.91. The summed E-state index contributed by atoms with van der Waals surface area (Å²) in [7, 11) is 0. The van der Waals surface area contributed by atoms with Crippen molar-refractivity contribution >= 4 is 0 Å². The molecule has 0 N–H and O–H groups in total. The molecule has 0 aromatic carbocycles. The summed E-state index contributed by atoms with van der Waals surface area (Å²) in [4.78, 5) is 0. The van der Waals surface area contributed by atoms with Crippen LogP contribution >= 0.6 is 0 Å². The fraction of sp³-hybridized carbons (Fsp3) is 0.636. The molecule has 66 valence electrons. The van der Waals surface area contributed by atoms with Gasteiger partial charge in [0.2, 0.25) is 0 Å². The molecule has 0 saturated carbocycles. The fourth-order valence-corrected chi connectivity index (χ4v) is 1.91. The molecule has 2 aliphatic rings. The van der Waals surface area contributed by atoms with Crippen molar-refractivity contribution in [3.05, 3.63) is 23.0 Å². The summed E-state index contributed by atoms with van der Waals surface area (Å²) < 4.78 is 5.66. The van der Waals surface area contributed by atoms with Gasteiger partial charge in [-0.2, -0.15) is 0 Å². The Balaban J connectivity index is 2.39. The molecule has 12 heavy (non-hydrogen) atoms. The van der Waals surface area contributed by atoms with E-state index in [2.05, 4.69) is 26.8 Å². The lowest BCUT2D eigenvalue weighted by molar-refractivity contribution is 0.179. The number of ether oxygens (including phenoxy) is 1. The first-order valence-corrected chi connectivity index (χ1v) is 4.63. The van der Waals surface area contributed by atoms with Gasteiger partial charge in [0.05, 0.1) is 6.61 Å². The summed E-state index contributed by atoms with van der Waals surface area (Å²) in [5.74, 6) is 1.24. The van der Waals surface area contributed by atoms with Gasteiger partial charge in [-0.1, -0.05) is 25.5 Å². The Morgan fingerprint density at radius 1 is 1.33 bits per heavy atom. The molecule has 0 saturated heterocycles. The van der Waals surface area contributed by atoms with Crippen molar-refractivity contribution in [3.8, 4) is 0 Å². The quantitative estimate of drug-likeness (QED) is 0.534. The molecular formula is C11H16O. The van der Waals surface area contributed by atoms with Gasteiger partial charge in [-0.05, 0) is 18.9 Å². The second-order valence-corrected chi connectivity index (χ2v) is 4.50. The van der Waals surface area contributed by atoms with Crippen LogP contribution in [0.1, 0.15) is 33.6 Å². The molecule has 0 radical (unpaired) electrons. The number of hydrogen-bond donors (Lipinski definition) is 0. The minimum absolute atomic E-state index is 0.247. The van der Waals surface area contributed by atoms with Gasteiger partial charge in [0.25, 0.3) is 0 Å². The molecule has 0 unspecified atom stereocenters. The summed E-state index contributed by atoms with van der Waals surface area (Å²) in [6.45, 7) is 7.58. The zero-order valence-corrected chi connectivity index (χ0v) is 8.11. The van der Waals surface area contributed by atoms with Crippen molar-refractivity contribution in [1.29, 1.82) is 0 Å². The Morgan fingerprint density at radius 3 is 2.83 bits per heavy atom. The van der Waals surface area contributed by atoms with Crippen LogP contribution in [0.2, 0.25) is 0 Å². The second kappa shape index (κ2) is 2.38. The average Bonchev–Trinajstić information content (AvgIpc) is 2.28. The van der Waals surface area contributed by atoms with E-state index in [9.17, 15) is 0 Å². The van der Waals surface area contributed by atoms with Crippen molar-refractivity contribution < 1.29 is 4.74 Å². The van der Waals surface area contributed by atoms with Crippen LogP contribution in [-0.2, 0) is 4.74 Å². The summed E-state index contributed by atoms with van der Waals surface area (Å²) in [6, 6.07) is 0. The monoisotopic (exact) mass is 164 g/mol. The first-order valence-electron chi connectivity index (χ1n) is 4.63. The number of rotatable bonds is 0. The first-order chi connectivity index (χ1) is 5.59. The van der Waals surface area contributed by atoms with Crippen LogP contribution in [0, 0.1) is 5.41 Å². The van der Waals surface area contributed by atoms with Gasteiger partial charge < -0.3 is 4.74 Å². The van der Waals surface area contributed by atoms with E-state index in [1.54, 1.807) is 0 Å². The van der Waals surface area contributed by atoms with Gasteiger partial charge in [0, 0.05) is 11.8 Å². The molecule has 2 rings (SSSR count). The van der Waals surface area contributed by atoms with Crippen molar-refractivity contribution in [3.63, 3.8) is 0 Å². The van der Waals surface area contributed by atoms with Gasteiger partial charge in [-0.15, -0.1) is 0 Å². The van der Waals surface area contributed by atoms with E-state index in [-0.39, 0.29) is 5.41 Å². The van der Waals surface area contributed by atoms with Crippen LogP contribution in [0.4, 0.5) is 0 Å². The molecule has 0 atom stereocenters. The van der Waals surface area contributed by atoms with Gasteiger partial charge in [0.1, 0.15) is 5.76 Å². The normalized spacial score (nSPS) is 26.4. The summed E-state index contributed by atoms with van der Waals surface area (Å²) in [6.07, 6.45) is 4.60. The van der Waals surface area contributed by atoms with Crippen molar-refractivity contribution in [2.24, 2.45) is 5.41 Å². The molecule has 1 aliphatic carbocycles. The molecular weight excluding hydrogens is 148 g/mol. The Bertz CT molecular complexity index is 269. The highest BCUT2D eigenvalue weighted by atomic mass is 16.5. The van der Waals surface area contributed by atoms with Gasteiger partial charge >= 0.3 is 0 Å². The van der Waals surface area contributed by atoms with Gasteiger partial charge in [0.15, 0.2) is 0 Å². The Labute approximate surface area is 74.1 Å². The van der Waals surface area contributed by atoms with Crippen LogP contribution in [0.25, 0.3) is 0 Å². The van der Waals surface area contributed by atoms with Crippen LogP contribution in [0.3, 0.4) is 0 Å². The predicted molar refractivity (Wildman–Crippen MR) is 49.8 cm³/mol. The zero-order valence-electron chi connectivity index (χ0n) is 8.11. The smallest absolute Gasteiger partial charge is 0.100 e. The van der Waals surface area contributed by atoms with E-state index in [1.165, 1.54) is 23.3 Å². The molecule has 1 nitrogen and oxygen atoms in total. The predicted octanol–water partition coefficient (Wildman–Crippen LogP) is 3.04. The number of hydrogen-bond acceptors (Lipinski definition) is 1. The van der Waals surface area contributed by atoms with Crippen molar-refractivity contribution in [1.82, 2.24) is 0 Å².